The van der Waals surface area contributed by atoms with E-state index in [1.807, 2.05) is 52.8 Å². The Morgan fingerprint density at radius 3 is 2.81 bits per heavy atom. The number of carbonyl (C=O) groups is 1. The first-order valence-corrected chi connectivity index (χ1v) is 12.7. The van der Waals surface area contributed by atoms with Crippen LogP contribution in [0.25, 0.3) is 22.3 Å². The summed E-state index contributed by atoms with van der Waals surface area (Å²) in [5.74, 6) is 2.16. The van der Waals surface area contributed by atoms with E-state index in [1.165, 1.54) is 0 Å². The molecule has 2 aliphatic rings. The molecule has 2 fully saturated rings. The van der Waals surface area contributed by atoms with Gasteiger partial charge in [-0.3, -0.25) is 4.79 Å². The number of pyridine rings is 1. The summed E-state index contributed by atoms with van der Waals surface area (Å²) in [6.07, 6.45) is 5.07. The van der Waals surface area contributed by atoms with Crippen molar-refractivity contribution in [2.75, 3.05) is 24.7 Å². The van der Waals surface area contributed by atoms with Crippen LogP contribution in [0.2, 0.25) is 0 Å². The highest BCUT2D eigenvalue weighted by Crippen LogP contribution is 2.30. The number of aromatic nitrogens is 3. The topological polar surface area (TPSA) is 60.2 Å². The minimum atomic E-state index is 0.0703. The van der Waals surface area contributed by atoms with E-state index in [0.29, 0.717) is 12.1 Å². The van der Waals surface area contributed by atoms with Crippen LogP contribution in [0.5, 0.6) is 0 Å². The van der Waals surface area contributed by atoms with E-state index >= 15 is 0 Å². The molecule has 0 aliphatic carbocycles. The SMILES string of the molecule is CC(C)n1ncc2c(C(=O)N(CC3CCCO3)C3CCSC3)cc(-c3ccccc3)nc21. The van der Waals surface area contributed by atoms with Crippen molar-refractivity contribution in [1.29, 1.82) is 0 Å². The molecular weight excluding hydrogens is 420 g/mol. The molecule has 2 aliphatic heterocycles. The molecule has 2 unspecified atom stereocenters. The predicted octanol–water partition coefficient (Wildman–Crippen LogP) is 4.81. The Morgan fingerprint density at radius 2 is 2.12 bits per heavy atom. The van der Waals surface area contributed by atoms with Crippen molar-refractivity contribution in [1.82, 2.24) is 19.7 Å². The summed E-state index contributed by atoms with van der Waals surface area (Å²) in [5.41, 5.74) is 3.27. The highest BCUT2D eigenvalue weighted by Gasteiger charge is 2.32. The van der Waals surface area contributed by atoms with Crippen LogP contribution in [-0.4, -0.2) is 62.4 Å². The van der Waals surface area contributed by atoms with Crippen molar-refractivity contribution in [2.24, 2.45) is 0 Å². The number of ether oxygens (including phenoxy) is 1. The third kappa shape index (κ3) is 4.16. The first kappa shape index (κ1) is 21.5. The fourth-order valence-corrected chi connectivity index (χ4v) is 5.88. The largest absolute Gasteiger partial charge is 0.376 e. The van der Waals surface area contributed by atoms with Crippen LogP contribution in [0.1, 0.15) is 49.5 Å². The van der Waals surface area contributed by atoms with Gasteiger partial charge in [-0.25, -0.2) is 9.67 Å². The minimum Gasteiger partial charge on any atom is -0.376 e. The maximum Gasteiger partial charge on any atom is 0.255 e. The molecule has 0 bridgehead atoms. The molecule has 4 heterocycles. The molecule has 2 atom stereocenters. The Labute approximate surface area is 193 Å². The average Bonchev–Trinajstić information content (AvgIpc) is 3.58. The van der Waals surface area contributed by atoms with Crippen LogP contribution in [0.3, 0.4) is 0 Å². The number of amides is 1. The Kier molecular flexibility index (Phi) is 6.20. The zero-order valence-electron chi connectivity index (χ0n) is 18.7. The minimum absolute atomic E-state index is 0.0703. The van der Waals surface area contributed by atoms with Gasteiger partial charge in [0.15, 0.2) is 5.65 Å². The van der Waals surface area contributed by atoms with Gasteiger partial charge in [-0.1, -0.05) is 30.3 Å². The fraction of sp³-hybridized carbons (Fsp3) is 0.480. The summed E-state index contributed by atoms with van der Waals surface area (Å²) in [6.45, 7) is 5.63. The third-order valence-electron chi connectivity index (χ3n) is 6.39. The maximum absolute atomic E-state index is 14.1. The van der Waals surface area contributed by atoms with Gasteiger partial charge in [-0.05, 0) is 44.9 Å². The number of nitrogens with zero attached hydrogens (tertiary/aromatic N) is 4. The van der Waals surface area contributed by atoms with Crippen molar-refractivity contribution >= 4 is 28.7 Å². The molecule has 0 radical (unpaired) electrons. The number of fused-ring (bicyclic) bond motifs is 1. The van der Waals surface area contributed by atoms with Crippen LogP contribution in [-0.2, 0) is 4.74 Å². The first-order chi connectivity index (χ1) is 15.6. The quantitative estimate of drug-likeness (QED) is 0.540. The van der Waals surface area contributed by atoms with E-state index in [0.717, 1.165) is 59.7 Å². The lowest BCUT2D eigenvalue weighted by Crippen LogP contribution is -2.44. The van der Waals surface area contributed by atoms with E-state index in [4.69, 9.17) is 9.72 Å². The van der Waals surface area contributed by atoms with Crippen LogP contribution in [0, 0.1) is 0 Å². The standard InChI is InChI=1S/C25H30N4O2S/c1-17(2)29-24-22(14-26-29)21(13-23(27-24)18-7-4-3-5-8-18)25(30)28(19-10-12-32-16-19)15-20-9-6-11-31-20/h3-5,7-8,13-14,17,19-20H,6,9-12,15-16H2,1-2H3. The molecule has 5 rings (SSSR count). The summed E-state index contributed by atoms with van der Waals surface area (Å²) in [6, 6.07) is 12.4. The monoisotopic (exact) mass is 450 g/mol. The van der Waals surface area contributed by atoms with E-state index < -0.39 is 0 Å². The lowest BCUT2D eigenvalue weighted by atomic mass is 10.0. The Bertz CT molecular complexity index is 1090. The number of hydrogen-bond acceptors (Lipinski definition) is 5. The Hall–Kier alpha value is -2.38. The van der Waals surface area contributed by atoms with Gasteiger partial charge < -0.3 is 9.64 Å². The second-order valence-electron chi connectivity index (χ2n) is 8.95. The van der Waals surface area contributed by atoms with Gasteiger partial charge in [0.05, 0.1) is 28.9 Å². The van der Waals surface area contributed by atoms with Crippen molar-refractivity contribution < 1.29 is 9.53 Å². The summed E-state index contributed by atoms with van der Waals surface area (Å²) in [4.78, 5) is 21.1. The number of rotatable bonds is 6. The molecule has 7 heteroatoms. The molecule has 0 saturated carbocycles. The summed E-state index contributed by atoms with van der Waals surface area (Å²) < 4.78 is 7.83. The Balaban J connectivity index is 1.60. The van der Waals surface area contributed by atoms with E-state index in [9.17, 15) is 4.79 Å². The molecule has 6 nitrogen and oxygen atoms in total. The fourth-order valence-electron chi connectivity index (χ4n) is 4.66. The molecule has 1 aromatic carbocycles. The normalized spacial score (nSPS) is 21.0. The van der Waals surface area contributed by atoms with Crippen LogP contribution < -0.4 is 0 Å². The highest BCUT2D eigenvalue weighted by molar-refractivity contribution is 7.99. The van der Waals surface area contributed by atoms with E-state index in [-0.39, 0.29) is 24.1 Å². The molecular formula is C25H30N4O2S. The summed E-state index contributed by atoms with van der Waals surface area (Å²) >= 11 is 1.93. The third-order valence-corrected chi connectivity index (χ3v) is 7.53. The van der Waals surface area contributed by atoms with Crippen molar-refractivity contribution in [3.63, 3.8) is 0 Å². The molecule has 1 amide bonds. The van der Waals surface area contributed by atoms with Crippen molar-refractivity contribution in [3.8, 4) is 11.3 Å². The van der Waals surface area contributed by atoms with Gasteiger partial charge >= 0.3 is 0 Å². The summed E-state index contributed by atoms with van der Waals surface area (Å²) in [5, 5.41) is 5.41. The molecule has 0 N–H and O–H groups in total. The van der Waals surface area contributed by atoms with Gasteiger partial charge in [0.2, 0.25) is 0 Å². The number of hydrogen-bond donors (Lipinski definition) is 0. The molecule has 32 heavy (non-hydrogen) atoms. The van der Waals surface area contributed by atoms with Crippen LogP contribution >= 0.6 is 11.8 Å². The molecule has 3 aromatic rings. The second kappa shape index (κ2) is 9.24. The molecule has 2 saturated heterocycles. The van der Waals surface area contributed by atoms with Crippen LogP contribution in [0.4, 0.5) is 0 Å². The van der Waals surface area contributed by atoms with Gasteiger partial charge in [0, 0.05) is 36.6 Å². The number of carbonyl (C=O) groups excluding carboxylic acids is 1. The maximum atomic E-state index is 14.1. The highest BCUT2D eigenvalue weighted by atomic mass is 32.2. The average molecular weight is 451 g/mol. The van der Waals surface area contributed by atoms with Crippen LogP contribution in [0.15, 0.2) is 42.6 Å². The van der Waals surface area contributed by atoms with Gasteiger partial charge in [0.25, 0.3) is 5.91 Å². The number of benzene rings is 1. The molecule has 0 spiro atoms. The van der Waals surface area contributed by atoms with Crippen molar-refractivity contribution in [2.45, 2.75) is 51.3 Å². The number of thioether (sulfide) groups is 1. The predicted molar refractivity (Wildman–Crippen MR) is 129 cm³/mol. The zero-order chi connectivity index (χ0) is 22.1. The van der Waals surface area contributed by atoms with E-state index in [1.54, 1.807) is 6.20 Å². The lowest BCUT2D eigenvalue weighted by molar-refractivity contribution is 0.0443. The lowest BCUT2D eigenvalue weighted by Gasteiger charge is -2.31. The van der Waals surface area contributed by atoms with E-state index in [2.05, 4.69) is 23.8 Å². The summed E-state index contributed by atoms with van der Waals surface area (Å²) in [7, 11) is 0. The van der Waals surface area contributed by atoms with Gasteiger partial charge in [-0.15, -0.1) is 0 Å². The first-order valence-electron chi connectivity index (χ1n) is 11.6. The Morgan fingerprint density at radius 1 is 1.28 bits per heavy atom. The molecule has 2 aromatic heterocycles. The van der Waals surface area contributed by atoms with Gasteiger partial charge in [0.1, 0.15) is 0 Å². The second-order valence-corrected chi connectivity index (χ2v) is 10.1. The van der Waals surface area contributed by atoms with Crippen molar-refractivity contribution in [3.05, 3.63) is 48.2 Å². The zero-order valence-corrected chi connectivity index (χ0v) is 19.6. The molecule has 168 valence electrons. The smallest absolute Gasteiger partial charge is 0.255 e. The van der Waals surface area contributed by atoms with Gasteiger partial charge in [-0.2, -0.15) is 16.9 Å².